The van der Waals surface area contributed by atoms with E-state index in [9.17, 15) is 9.59 Å². The van der Waals surface area contributed by atoms with Gasteiger partial charge in [0, 0.05) is 0 Å². The summed E-state index contributed by atoms with van der Waals surface area (Å²) in [5.74, 6) is 0. The van der Waals surface area contributed by atoms with Crippen molar-refractivity contribution in [2.45, 2.75) is 19.4 Å². The van der Waals surface area contributed by atoms with E-state index < -0.39 is 0 Å². The smallest absolute Gasteiger partial charge is 0.211 e. The molecule has 0 spiro atoms. The van der Waals surface area contributed by atoms with Crippen LogP contribution in [0.25, 0.3) is 0 Å². The minimum absolute atomic E-state index is 0.149. The molecule has 0 aromatic heterocycles. The van der Waals surface area contributed by atoms with Crippen molar-refractivity contribution in [2.75, 3.05) is 6.54 Å². The number of rotatable bonds is 5. The van der Waals surface area contributed by atoms with Crippen LogP contribution in [0.3, 0.4) is 0 Å². The number of hydrogen-bond donors (Lipinski definition) is 0. The Morgan fingerprint density at radius 2 is 2.17 bits per heavy atom. The largest absolute Gasteiger partial charge is 0.235 e. The Balaban J connectivity index is 3.91. The summed E-state index contributed by atoms with van der Waals surface area (Å²) in [6.45, 7) is 2.19. The van der Waals surface area contributed by atoms with E-state index in [1.807, 2.05) is 6.92 Å². The van der Waals surface area contributed by atoms with Crippen LogP contribution < -0.4 is 0 Å². The molecule has 0 aliphatic rings. The molecule has 4 nitrogen and oxygen atoms in total. The molecule has 0 saturated carbocycles. The van der Waals surface area contributed by atoms with Crippen molar-refractivity contribution in [3.63, 3.8) is 0 Å². The minimum Gasteiger partial charge on any atom is -0.211 e. The fourth-order valence-electron chi connectivity index (χ4n) is 0.646. The number of isocyanates is 2. The number of carbonyl (C=O) groups excluding carboxylic acids is 2. The molecule has 0 aliphatic heterocycles. The van der Waals surface area contributed by atoms with Crippen LogP contribution in [0.15, 0.2) is 22.1 Å². The predicted octanol–water partition coefficient (Wildman–Crippen LogP) is 0.993. The summed E-state index contributed by atoms with van der Waals surface area (Å²) in [7, 11) is 0. The Hall–Kier alpha value is -1.50. The number of hydrogen-bond acceptors (Lipinski definition) is 4. The van der Waals surface area contributed by atoms with E-state index >= 15 is 0 Å². The predicted molar refractivity (Wildman–Crippen MR) is 44.3 cm³/mol. The Bertz CT molecular complexity index is 235. The molecule has 0 amide bonds. The molecule has 12 heavy (non-hydrogen) atoms. The Labute approximate surface area is 70.7 Å². The van der Waals surface area contributed by atoms with Crippen LogP contribution in [-0.2, 0) is 9.59 Å². The lowest BCUT2D eigenvalue weighted by Gasteiger charge is -1.97. The first-order valence-electron chi connectivity index (χ1n) is 3.62. The number of aliphatic imine (C=N–C) groups is 2. The SMILES string of the molecule is CCC(C=CCN=C=O)N=C=O. The average Bonchev–Trinajstić information content (AvgIpc) is 2.10. The highest BCUT2D eigenvalue weighted by molar-refractivity contribution is 5.34. The first kappa shape index (κ1) is 10.5. The molecule has 0 rings (SSSR count). The van der Waals surface area contributed by atoms with Gasteiger partial charge in [0.25, 0.3) is 0 Å². The third kappa shape index (κ3) is 5.30. The zero-order valence-corrected chi connectivity index (χ0v) is 6.86. The van der Waals surface area contributed by atoms with E-state index in [1.54, 1.807) is 12.2 Å². The topological polar surface area (TPSA) is 58.9 Å². The van der Waals surface area contributed by atoms with Gasteiger partial charge in [-0.15, -0.1) is 0 Å². The quantitative estimate of drug-likeness (QED) is 0.347. The molecule has 0 saturated heterocycles. The van der Waals surface area contributed by atoms with Crippen LogP contribution in [-0.4, -0.2) is 24.7 Å². The highest BCUT2D eigenvalue weighted by Gasteiger charge is 1.95. The van der Waals surface area contributed by atoms with Gasteiger partial charge in [-0.05, 0) is 6.42 Å². The molecule has 0 aromatic carbocycles. The van der Waals surface area contributed by atoms with E-state index in [-0.39, 0.29) is 12.6 Å². The maximum absolute atomic E-state index is 9.85. The zero-order chi connectivity index (χ0) is 9.23. The Morgan fingerprint density at radius 3 is 2.67 bits per heavy atom. The molecule has 0 bridgehead atoms. The minimum atomic E-state index is -0.149. The Kier molecular flexibility index (Phi) is 6.65. The zero-order valence-electron chi connectivity index (χ0n) is 6.86. The van der Waals surface area contributed by atoms with Gasteiger partial charge in [0.05, 0.1) is 12.6 Å². The van der Waals surface area contributed by atoms with Gasteiger partial charge in [-0.1, -0.05) is 19.1 Å². The van der Waals surface area contributed by atoms with Gasteiger partial charge in [0.15, 0.2) is 0 Å². The molecule has 4 heteroatoms. The molecule has 0 aliphatic carbocycles. The lowest BCUT2D eigenvalue weighted by atomic mass is 10.2. The van der Waals surface area contributed by atoms with E-state index in [2.05, 4.69) is 9.98 Å². The van der Waals surface area contributed by atoms with Gasteiger partial charge in [-0.3, -0.25) is 0 Å². The summed E-state index contributed by atoms with van der Waals surface area (Å²) < 4.78 is 0. The molecule has 0 N–H and O–H groups in total. The van der Waals surface area contributed by atoms with E-state index in [0.717, 1.165) is 6.42 Å². The molecular formula is C8H10N2O2. The van der Waals surface area contributed by atoms with Crippen LogP contribution in [0.1, 0.15) is 13.3 Å². The monoisotopic (exact) mass is 166 g/mol. The summed E-state index contributed by atoms with van der Waals surface area (Å²) in [4.78, 5) is 26.3. The lowest BCUT2D eigenvalue weighted by molar-refractivity contribution is 0.559. The normalized spacial score (nSPS) is 11.8. The summed E-state index contributed by atoms with van der Waals surface area (Å²) >= 11 is 0. The van der Waals surface area contributed by atoms with Crippen molar-refractivity contribution in [3.05, 3.63) is 12.2 Å². The average molecular weight is 166 g/mol. The second kappa shape index (κ2) is 7.61. The van der Waals surface area contributed by atoms with Crippen LogP contribution in [0.5, 0.6) is 0 Å². The maximum atomic E-state index is 9.85. The van der Waals surface area contributed by atoms with Crippen molar-refractivity contribution in [1.82, 2.24) is 0 Å². The summed E-state index contributed by atoms with van der Waals surface area (Å²) in [5, 5.41) is 0. The van der Waals surface area contributed by atoms with E-state index in [1.165, 1.54) is 12.2 Å². The molecule has 0 radical (unpaired) electrons. The van der Waals surface area contributed by atoms with Crippen LogP contribution in [0.2, 0.25) is 0 Å². The summed E-state index contributed by atoms with van der Waals surface area (Å²) in [5.41, 5.74) is 0. The second-order valence-electron chi connectivity index (χ2n) is 2.06. The van der Waals surface area contributed by atoms with Gasteiger partial charge in [0.1, 0.15) is 0 Å². The molecular weight excluding hydrogens is 156 g/mol. The van der Waals surface area contributed by atoms with Crippen LogP contribution in [0, 0.1) is 0 Å². The lowest BCUT2D eigenvalue weighted by Crippen LogP contribution is -1.96. The van der Waals surface area contributed by atoms with E-state index in [0.29, 0.717) is 0 Å². The molecule has 1 unspecified atom stereocenters. The Morgan fingerprint density at radius 1 is 1.42 bits per heavy atom. The van der Waals surface area contributed by atoms with Crippen molar-refractivity contribution in [2.24, 2.45) is 9.98 Å². The molecule has 0 fully saturated rings. The van der Waals surface area contributed by atoms with Crippen LogP contribution in [0.4, 0.5) is 0 Å². The van der Waals surface area contributed by atoms with E-state index in [4.69, 9.17) is 0 Å². The van der Waals surface area contributed by atoms with Gasteiger partial charge in [0.2, 0.25) is 12.2 Å². The fourth-order valence-corrected chi connectivity index (χ4v) is 0.646. The first-order valence-corrected chi connectivity index (χ1v) is 3.62. The summed E-state index contributed by atoms with van der Waals surface area (Å²) in [6.07, 6.45) is 7.00. The van der Waals surface area contributed by atoms with Gasteiger partial charge in [-0.25, -0.2) is 14.6 Å². The van der Waals surface area contributed by atoms with Crippen molar-refractivity contribution < 1.29 is 9.59 Å². The maximum Gasteiger partial charge on any atom is 0.235 e. The van der Waals surface area contributed by atoms with Gasteiger partial charge < -0.3 is 0 Å². The van der Waals surface area contributed by atoms with Crippen molar-refractivity contribution >= 4 is 12.2 Å². The van der Waals surface area contributed by atoms with Gasteiger partial charge >= 0.3 is 0 Å². The summed E-state index contributed by atoms with van der Waals surface area (Å²) in [6, 6.07) is -0.149. The number of nitrogens with zero attached hydrogens (tertiary/aromatic N) is 2. The molecule has 1 atom stereocenters. The molecule has 64 valence electrons. The van der Waals surface area contributed by atoms with Crippen molar-refractivity contribution in [3.8, 4) is 0 Å². The van der Waals surface area contributed by atoms with Crippen LogP contribution >= 0.6 is 0 Å². The molecule has 0 aromatic rings. The van der Waals surface area contributed by atoms with Gasteiger partial charge in [-0.2, -0.15) is 4.99 Å². The highest BCUT2D eigenvalue weighted by atomic mass is 16.1. The third-order valence-electron chi connectivity index (χ3n) is 1.26. The highest BCUT2D eigenvalue weighted by Crippen LogP contribution is 1.97. The first-order chi connectivity index (χ1) is 5.85. The fraction of sp³-hybridized carbons (Fsp3) is 0.500. The second-order valence-corrected chi connectivity index (χ2v) is 2.06. The third-order valence-corrected chi connectivity index (χ3v) is 1.26. The van der Waals surface area contributed by atoms with Crippen molar-refractivity contribution in [1.29, 1.82) is 0 Å². The standard InChI is InChI=1S/C8H10N2O2/c1-2-8(10-7-12)4-3-5-9-6-11/h3-4,8H,2,5H2,1H3. The molecule has 0 heterocycles.